The Morgan fingerprint density at radius 1 is 1.17 bits per heavy atom. The van der Waals surface area contributed by atoms with E-state index in [1.807, 2.05) is 12.1 Å². The number of hydrogen-bond acceptors (Lipinski definition) is 3. The number of carbonyl (C=O) groups excluding carboxylic acids is 1. The van der Waals surface area contributed by atoms with Crippen LogP contribution >= 0.6 is 23.2 Å². The van der Waals surface area contributed by atoms with Gasteiger partial charge in [-0.1, -0.05) is 53.0 Å². The zero-order valence-corrected chi connectivity index (χ0v) is 17.3. The smallest absolute Gasteiger partial charge is 0.226 e. The molecule has 0 aromatic heterocycles. The molecule has 1 aliphatic heterocycles. The van der Waals surface area contributed by atoms with Gasteiger partial charge in [0.1, 0.15) is 5.82 Å². The van der Waals surface area contributed by atoms with Crippen LogP contribution in [0.4, 0.5) is 4.39 Å². The zero-order valence-electron chi connectivity index (χ0n) is 15.8. The fourth-order valence-electron chi connectivity index (χ4n) is 3.62. The molecule has 0 saturated heterocycles. The van der Waals surface area contributed by atoms with Gasteiger partial charge in [0.25, 0.3) is 0 Å². The average molecular weight is 435 g/mol. The van der Waals surface area contributed by atoms with Crippen LogP contribution in [-0.4, -0.2) is 29.2 Å². The van der Waals surface area contributed by atoms with Crippen molar-refractivity contribution in [2.75, 3.05) is 6.54 Å². The molecule has 4 rings (SSSR count). The Morgan fingerprint density at radius 2 is 2.00 bits per heavy atom. The molecule has 4 nitrogen and oxygen atoms in total. The Kier molecular flexibility index (Phi) is 6.07. The van der Waals surface area contributed by atoms with Crippen molar-refractivity contribution in [1.29, 1.82) is 0 Å². The maximum atomic E-state index is 13.6. The first-order valence-corrected chi connectivity index (χ1v) is 10.5. The maximum absolute atomic E-state index is 13.6. The van der Waals surface area contributed by atoms with E-state index in [-0.39, 0.29) is 23.7 Å². The number of hydrogen-bond donors (Lipinski definition) is 0. The standard InChI is InChI=1S/C22H21Cl2FN2O2/c23-19-8-7-16(10-20(19)24)21-11-18(29-26-21)13-27(22(28)15-4-2-5-15)12-14-3-1-6-17(25)9-14/h1,3,6-10,15,18H,2,4-5,11-13H2/t18-/m0/s1. The Balaban J connectivity index is 1.45. The zero-order chi connectivity index (χ0) is 20.4. The molecule has 2 aliphatic rings. The van der Waals surface area contributed by atoms with E-state index in [0.717, 1.165) is 36.1 Å². The average Bonchev–Trinajstić information content (AvgIpc) is 3.10. The molecule has 0 N–H and O–H groups in total. The SMILES string of the molecule is O=C(C1CCC1)N(Cc1cccc(F)c1)C[C@@H]1CC(c2ccc(Cl)c(Cl)c2)=NO1. The van der Waals surface area contributed by atoms with Gasteiger partial charge in [-0.05, 0) is 42.7 Å². The van der Waals surface area contributed by atoms with E-state index in [1.54, 1.807) is 23.1 Å². The summed E-state index contributed by atoms with van der Waals surface area (Å²) in [6.07, 6.45) is 3.21. The van der Waals surface area contributed by atoms with Gasteiger partial charge < -0.3 is 9.74 Å². The van der Waals surface area contributed by atoms with Crippen molar-refractivity contribution >= 4 is 34.8 Å². The molecule has 29 heavy (non-hydrogen) atoms. The predicted octanol–water partition coefficient (Wildman–Crippen LogP) is 5.45. The van der Waals surface area contributed by atoms with Gasteiger partial charge in [-0.15, -0.1) is 0 Å². The molecule has 0 bridgehead atoms. The van der Waals surface area contributed by atoms with E-state index in [9.17, 15) is 9.18 Å². The summed E-state index contributed by atoms with van der Waals surface area (Å²) in [5, 5.41) is 5.13. The molecular formula is C22H21Cl2FN2O2. The highest BCUT2D eigenvalue weighted by molar-refractivity contribution is 6.42. The number of carbonyl (C=O) groups is 1. The lowest BCUT2D eigenvalue weighted by Crippen LogP contribution is -2.42. The first-order chi connectivity index (χ1) is 14.0. The van der Waals surface area contributed by atoms with Crippen molar-refractivity contribution in [3.05, 3.63) is 69.5 Å². The van der Waals surface area contributed by atoms with Crippen molar-refractivity contribution in [3.63, 3.8) is 0 Å². The van der Waals surface area contributed by atoms with Gasteiger partial charge in [0, 0.05) is 24.4 Å². The van der Waals surface area contributed by atoms with E-state index in [0.29, 0.717) is 29.6 Å². The Bertz CT molecular complexity index is 946. The third-order valence-corrected chi connectivity index (χ3v) is 6.18. The van der Waals surface area contributed by atoms with Crippen molar-refractivity contribution < 1.29 is 14.0 Å². The highest BCUT2D eigenvalue weighted by atomic mass is 35.5. The van der Waals surface area contributed by atoms with Crippen molar-refractivity contribution in [2.45, 2.75) is 38.3 Å². The topological polar surface area (TPSA) is 41.9 Å². The molecule has 0 unspecified atom stereocenters. The minimum Gasteiger partial charge on any atom is -0.390 e. The number of halogens is 3. The monoisotopic (exact) mass is 434 g/mol. The summed E-state index contributed by atoms with van der Waals surface area (Å²) in [4.78, 5) is 20.3. The van der Waals surface area contributed by atoms with E-state index >= 15 is 0 Å². The minimum atomic E-state index is -0.305. The number of oxime groups is 1. The first kappa shape index (κ1) is 20.2. The molecule has 1 aliphatic carbocycles. The lowest BCUT2D eigenvalue weighted by molar-refractivity contribution is -0.140. The van der Waals surface area contributed by atoms with Crippen LogP contribution in [0.2, 0.25) is 10.0 Å². The predicted molar refractivity (Wildman–Crippen MR) is 112 cm³/mol. The molecule has 152 valence electrons. The highest BCUT2D eigenvalue weighted by Gasteiger charge is 2.33. The Labute approximate surface area is 179 Å². The third kappa shape index (κ3) is 4.73. The van der Waals surface area contributed by atoms with Gasteiger partial charge in [-0.2, -0.15) is 0 Å². The summed E-state index contributed by atoms with van der Waals surface area (Å²) < 4.78 is 13.6. The van der Waals surface area contributed by atoms with Crippen LogP contribution in [0.15, 0.2) is 47.6 Å². The summed E-state index contributed by atoms with van der Waals surface area (Å²) in [7, 11) is 0. The molecule has 2 aromatic rings. The second kappa shape index (κ2) is 8.72. The second-order valence-electron chi connectivity index (χ2n) is 7.57. The van der Waals surface area contributed by atoms with Gasteiger partial charge in [-0.25, -0.2) is 4.39 Å². The Morgan fingerprint density at radius 3 is 2.69 bits per heavy atom. The molecule has 1 saturated carbocycles. The summed E-state index contributed by atoms with van der Waals surface area (Å²) in [6.45, 7) is 0.759. The van der Waals surface area contributed by atoms with Crippen molar-refractivity contribution in [1.82, 2.24) is 4.90 Å². The third-order valence-electron chi connectivity index (χ3n) is 5.44. The van der Waals surface area contributed by atoms with Gasteiger partial charge in [0.05, 0.1) is 22.3 Å². The molecule has 7 heteroatoms. The van der Waals surface area contributed by atoms with Crippen molar-refractivity contribution in [3.8, 4) is 0 Å². The number of rotatable bonds is 6. The summed E-state index contributed by atoms with van der Waals surface area (Å²) in [6, 6.07) is 11.7. The Hall–Kier alpha value is -2.11. The fourth-order valence-corrected chi connectivity index (χ4v) is 3.92. The first-order valence-electron chi connectivity index (χ1n) is 9.71. The quantitative estimate of drug-likeness (QED) is 0.605. The minimum absolute atomic E-state index is 0.0559. The van der Waals surface area contributed by atoms with E-state index in [1.165, 1.54) is 12.1 Å². The van der Waals surface area contributed by atoms with Gasteiger partial charge in [0.2, 0.25) is 5.91 Å². The van der Waals surface area contributed by atoms with Gasteiger partial charge >= 0.3 is 0 Å². The van der Waals surface area contributed by atoms with Crippen LogP contribution in [0.5, 0.6) is 0 Å². The lowest BCUT2D eigenvalue weighted by Gasteiger charge is -2.32. The van der Waals surface area contributed by atoms with Crippen molar-refractivity contribution in [2.24, 2.45) is 11.1 Å². The van der Waals surface area contributed by atoms with Gasteiger partial charge in [0.15, 0.2) is 6.10 Å². The van der Waals surface area contributed by atoms with E-state index < -0.39 is 0 Å². The fraction of sp³-hybridized carbons (Fsp3) is 0.364. The molecule has 2 aromatic carbocycles. The van der Waals surface area contributed by atoms with Gasteiger partial charge in [-0.3, -0.25) is 4.79 Å². The van der Waals surface area contributed by atoms with Crippen LogP contribution in [0.1, 0.15) is 36.8 Å². The normalized spacial score (nSPS) is 18.7. The van der Waals surface area contributed by atoms with Crippen LogP contribution in [-0.2, 0) is 16.2 Å². The number of nitrogens with zero attached hydrogens (tertiary/aromatic N) is 2. The second-order valence-corrected chi connectivity index (χ2v) is 8.39. The van der Waals surface area contributed by atoms with Crippen LogP contribution in [0.3, 0.4) is 0 Å². The van der Waals surface area contributed by atoms with E-state index in [2.05, 4.69) is 5.16 Å². The molecule has 1 heterocycles. The summed E-state index contributed by atoms with van der Waals surface area (Å²) in [5.74, 6) is -0.145. The number of benzene rings is 2. The molecule has 0 spiro atoms. The largest absolute Gasteiger partial charge is 0.390 e. The molecule has 0 radical (unpaired) electrons. The molecule has 1 fully saturated rings. The van der Waals surface area contributed by atoms with Crippen LogP contribution in [0, 0.1) is 11.7 Å². The summed E-state index contributed by atoms with van der Waals surface area (Å²) >= 11 is 12.1. The molecule has 1 atom stereocenters. The summed E-state index contributed by atoms with van der Waals surface area (Å²) in [5.41, 5.74) is 2.39. The van der Waals surface area contributed by atoms with E-state index in [4.69, 9.17) is 28.0 Å². The maximum Gasteiger partial charge on any atom is 0.226 e. The van der Waals surface area contributed by atoms with Crippen LogP contribution < -0.4 is 0 Å². The lowest BCUT2D eigenvalue weighted by atomic mass is 9.84. The highest BCUT2D eigenvalue weighted by Crippen LogP contribution is 2.30. The molecule has 1 amide bonds. The number of amides is 1. The van der Waals surface area contributed by atoms with Crippen LogP contribution in [0.25, 0.3) is 0 Å². The molecular weight excluding hydrogens is 414 g/mol.